The number of fused-ring (bicyclic) bond motifs is 1. The molecule has 2 aromatic rings. The average molecular weight is 203 g/mol. The van der Waals surface area contributed by atoms with Crippen LogP contribution in [0.1, 0.15) is 6.92 Å². The number of hydrogen-bond donors (Lipinski definition) is 1. The Morgan fingerprint density at radius 2 is 2.13 bits per heavy atom. The average Bonchev–Trinajstić information content (AvgIpc) is 2.29. The molecule has 3 nitrogen and oxygen atoms in total. The summed E-state index contributed by atoms with van der Waals surface area (Å²) in [6.45, 7) is 1.82. The number of benzene rings is 1. The first-order valence-corrected chi connectivity index (χ1v) is 4.92. The lowest BCUT2D eigenvalue weighted by atomic mass is 10.2. The Labute approximate surface area is 88.3 Å². The molecule has 0 aliphatic rings. The van der Waals surface area contributed by atoms with Gasteiger partial charge < -0.3 is 9.84 Å². The summed E-state index contributed by atoms with van der Waals surface area (Å²) in [6.07, 6.45) is 1.52. The Morgan fingerprint density at radius 3 is 2.93 bits per heavy atom. The van der Waals surface area contributed by atoms with Crippen LogP contribution in [0.3, 0.4) is 0 Å². The van der Waals surface area contributed by atoms with Crippen molar-refractivity contribution < 1.29 is 9.84 Å². The fraction of sp³-hybridized carbons (Fsp3) is 0.250. The van der Waals surface area contributed by atoms with Gasteiger partial charge in [0.25, 0.3) is 0 Å². The van der Waals surface area contributed by atoms with Gasteiger partial charge in [-0.2, -0.15) is 0 Å². The van der Waals surface area contributed by atoms with E-state index in [2.05, 4.69) is 4.98 Å². The van der Waals surface area contributed by atoms with Gasteiger partial charge in [-0.05, 0) is 19.1 Å². The van der Waals surface area contributed by atoms with Crippen LogP contribution < -0.4 is 4.74 Å². The van der Waals surface area contributed by atoms with Crippen molar-refractivity contribution in [3.63, 3.8) is 0 Å². The maximum atomic E-state index is 8.92. The second kappa shape index (κ2) is 4.28. The molecule has 0 aliphatic carbocycles. The van der Waals surface area contributed by atoms with E-state index in [0.29, 0.717) is 0 Å². The van der Waals surface area contributed by atoms with Crippen LogP contribution in [0.4, 0.5) is 0 Å². The van der Waals surface area contributed by atoms with E-state index in [1.54, 1.807) is 6.20 Å². The molecule has 0 aliphatic heterocycles. The van der Waals surface area contributed by atoms with E-state index in [0.717, 1.165) is 16.7 Å². The number of aliphatic hydroxyl groups excluding tert-OH is 1. The topological polar surface area (TPSA) is 42.4 Å². The van der Waals surface area contributed by atoms with Crippen LogP contribution in [0.5, 0.6) is 5.75 Å². The maximum Gasteiger partial charge on any atom is 0.146 e. The summed E-state index contributed by atoms with van der Waals surface area (Å²) in [5.41, 5.74) is 0.834. The van der Waals surface area contributed by atoms with Gasteiger partial charge in [0.05, 0.1) is 6.61 Å². The molecule has 1 unspecified atom stereocenters. The second-order valence-electron chi connectivity index (χ2n) is 3.44. The van der Waals surface area contributed by atoms with Crippen molar-refractivity contribution >= 4 is 10.9 Å². The molecule has 0 saturated heterocycles. The second-order valence-corrected chi connectivity index (χ2v) is 3.44. The van der Waals surface area contributed by atoms with Crippen molar-refractivity contribution in [2.45, 2.75) is 13.0 Å². The monoisotopic (exact) mass is 203 g/mol. The Morgan fingerprint density at radius 1 is 1.33 bits per heavy atom. The minimum absolute atomic E-state index is 0.00320. The largest absolute Gasteiger partial charge is 0.486 e. The molecular weight excluding hydrogens is 190 g/mol. The molecule has 1 N–H and O–H groups in total. The van der Waals surface area contributed by atoms with E-state index in [9.17, 15) is 0 Å². The number of hydrogen-bond acceptors (Lipinski definition) is 3. The zero-order chi connectivity index (χ0) is 10.7. The van der Waals surface area contributed by atoms with Crippen LogP contribution in [-0.2, 0) is 0 Å². The van der Waals surface area contributed by atoms with Crippen molar-refractivity contribution in [1.82, 2.24) is 4.98 Å². The van der Waals surface area contributed by atoms with Crippen LogP contribution in [0.15, 0.2) is 36.5 Å². The number of para-hydroxylation sites is 1. The van der Waals surface area contributed by atoms with Gasteiger partial charge >= 0.3 is 0 Å². The fourth-order valence-electron chi connectivity index (χ4n) is 1.43. The molecule has 0 saturated carbocycles. The van der Waals surface area contributed by atoms with E-state index in [1.165, 1.54) is 0 Å². The van der Waals surface area contributed by atoms with Crippen LogP contribution in [0.25, 0.3) is 10.9 Å². The lowest BCUT2D eigenvalue weighted by Gasteiger charge is -2.13. The van der Waals surface area contributed by atoms with Crippen LogP contribution in [0, 0.1) is 0 Å². The Kier molecular flexibility index (Phi) is 2.83. The third-order valence-corrected chi connectivity index (χ3v) is 2.18. The quantitative estimate of drug-likeness (QED) is 0.829. The molecule has 1 aromatic carbocycles. The predicted octanol–water partition coefficient (Wildman–Crippen LogP) is 1.99. The van der Waals surface area contributed by atoms with E-state index in [1.807, 2.05) is 37.3 Å². The fourth-order valence-corrected chi connectivity index (χ4v) is 1.43. The van der Waals surface area contributed by atoms with E-state index >= 15 is 0 Å². The highest BCUT2D eigenvalue weighted by Crippen LogP contribution is 2.23. The van der Waals surface area contributed by atoms with Gasteiger partial charge in [-0.3, -0.25) is 4.98 Å². The van der Waals surface area contributed by atoms with E-state index in [4.69, 9.17) is 9.84 Å². The zero-order valence-corrected chi connectivity index (χ0v) is 8.55. The maximum absolute atomic E-state index is 8.92. The summed E-state index contributed by atoms with van der Waals surface area (Å²) in [5.74, 6) is 0.717. The van der Waals surface area contributed by atoms with Crippen LogP contribution in [-0.4, -0.2) is 22.8 Å². The molecule has 0 radical (unpaired) electrons. The van der Waals surface area contributed by atoms with Crippen molar-refractivity contribution in [1.29, 1.82) is 0 Å². The summed E-state index contributed by atoms with van der Waals surface area (Å²) >= 11 is 0. The first-order chi connectivity index (χ1) is 7.31. The number of ether oxygens (including phenoxy) is 1. The Balaban J connectivity index is 2.42. The van der Waals surface area contributed by atoms with Gasteiger partial charge in [-0.15, -0.1) is 0 Å². The van der Waals surface area contributed by atoms with Gasteiger partial charge in [-0.1, -0.05) is 18.2 Å². The van der Waals surface area contributed by atoms with E-state index in [-0.39, 0.29) is 12.7 Å². The summed E-state index contributed by atoms with van der Waals surface area (Å²) < 4.78 is 5.56. The molecule has 3 heteroatoms. The summed E-state index contributed by atoms with van der Waals surface area (Å²) in [4.78, 5) is 4.26. The molecule has 0 fully saturated rings. The Bertz CT molecular complexity index is 451. The standard InChI is InChI=1S/C12H13NO2/c1-9(8-14)15-11-6-2-4-10-5-3-7-13-12(10)11/h2-7,9,14H,8H2,1H3. The number of aliphatic hydroxyl groups is 1. The van der Waals surface area contributed by atoms with Crippen molar-refractivity contribution in [3.05, 3.63) is 36.5 Å². The van der Waals surface area contributed by atoms with Crippen molar-refractivity contribution in [2.75, 3.05) is 6.61 Å². The SMILES string of the molecule is CC(CO)Oc1cccc2cccnc12. The number of aromatic nitrogens is 1. The van der Waals surface area contributed by atoms with Crippen LogP contribution >= 0.6 is 0 Å². The molecule has 0 bridgehead atoms. The van der Waals surface area contributed by atoms with Gasteiger partial charge in [-0.25, -0.2) is 0 Å². The minimum Gasteiger partial charge on any atom is -0.486 e. The van der Waals surface area contributed by atoms with Crippen LogP contribution in [0.2, 0.25) is 0 Å². The molecule has 15 heavy (non-hydrogen) atoms. The minimum atomic E-state index is -0.211. The van der Waals surface area contributed by atoms with Gasteiger partial charge in [0.15, 0.2) is 0 Å². The molecule has 1 aromatic heterocycles. The molecule has 1 atom stereocenters. The predicted molar refractivity (Wildman–Crippen MR) is 58.9 cm³/mol. The summed E-state index contributed by atoms with van der Waals surface area (Å²) in [5, 5.41) is 9.96. The Hall–Kier alpha value is -1.61. The number of rotatable bonds is 3. The number of nitrogens with zero attached hydrogens (tertiary/aromatic N) is 1. The number of pyridine rings is 1. The summed E-state index contributed by atoms with van der Waals surface area (Å²) in [7, 11) is 0. The molecule has 1 heterocycles. The lowest BCUT2D eigenvalue weighted by molar-refractivity contribution is 0.131. The molecule has 0 amide bonds. The third kappa shape index (κ3) is 2.07. The summed E-state index contributed by atoms with van der Waals surface area (Å²) in [6, 6.07) is 9.64. The van der Waals surface area contributed by atoms with Gasteiger partial charge in [0.2, 0.25) is 0 Å². The molecular formula is C12H13NO2. The first-order valence-electron chi connectivity index (χ1n) is 4.92. The molecule has 0 spiro atoms. The smallest absolute Gasteiger partial charge is 0.146 e. The highest BCUT2D eigenvalue weighted by Gasteiger charge is 2.06. The van der Waals surface area contributed by atoms with Gasteiger partial charge in [0.1, 0.15) is 17.4 Å². The normalized spacial score (nSPS) is 12.7. The lowest BCUT2D eigenvalue weighted by Crippen LogP contribution is -2.16. The third-order valence-electron chi connectivity index (χ3n) is 2.18. The van der Waals surface area contributed by atoms with Crippen molar-refractivity contribution in [2.24, 2.45) is 0 Å². The highest BCUT2D eigenvalue weighted by molar-refractivity contribution is 5.84. The first kappa shape index (κ1) is 9.93. The van der Waals surface area contributed by atoms with Crippen molar-refractivity contribution in [3.8, 4) is 5.75 Å². The zero-order valence-electron chi connectivity index (χ0n) is 8.55. The highest BCUT2D eigenvalue weighted by atomic mass is 16.5. The van der Waals surface area contributed by atoms with E-state index < -0.39 is 0 Å². The molecule has 78 valence electrons. The van der Waals surface area contributed by atoms with Gasteiger partial charge in [0, 0.05) is 11.6 Å². The molecule has 2 rings (SSSR count).